The van der Waals surface area contributed by atoms with Crippen LogP contribution in [0.1, 0.15) is 36.3 Å². The average molecular weight is 332 g/mol. The maximum absolute atomic E-state index is 12.5. The zero-order valence-corrected chi connectivity index (χ0v) is 13.2. The number of hydrogen-bond donors (Lipinski definition) is 1. The van der Waals surface area contributed by atoms with Crippen LogP contribution in [0.25, 0.3) is 11.0 Å². The number of para-hydroxylation sites is 1. The number of sulfonamides is 1. The standard InChI is InChI=1S/C15H16N4O3S/c20-15(14-16-11-3-1-2-4-12(11)17-18-14)19-23(21,22)13-8-9-5-6-10(13)7-9/h1-4,9-10,13H,5-8H2,(H,19,20)/t9-,10+,13?/m1/s1. The van der Waals surface area contributed by atoms with E-state index in [0.717, 1.165) is 19.3 Å². The Kier molecular flexibility index (Phi) is 3.29. The lowest BCUT2D eigenvalue weighted by atomic mass is 10.0. The third-order valence-electron chi connectivity index (χ3n) is 4.87. The minimum Gasteiger partial charge on any atom is -0.264 e. The Morgan fingerprint density at radius 2 is 1.87 bits per heavy atom. The second-order valence-electron chi connectivity index (χ2n) is 6.31. The van der Waals surface area contributed by atoms with Gasteiger partial charge in [-0.15, -0.1) is 10.2 Å². The number of nitrogens with zero attached hydrogens (tertiary/aromatic N) is 3. The molecule has 2 aromatic rings. The van der Waals surface area contributed by atoms with E-state index in [2.05, 4.69) is 19.9 Å². The minimum atomic E-state index is -3.70. The molecule has 23 heavy (non-hydrogen) atoms. The maximum Gasteiger partial charge on any atom is 0.304 e. The van der Waals surface area contributed by atoms with E-state index < -0.39 is 21.2 Å². The molecule has 2 aliphatic rings. The van der Waals surface area contributed by atoms with E-state index in [1.165, 1.54) is 0 Å². The molecule has 0 aliphatic heterocycles. The van der Waals surface area contributed by atoms with Crippen molar-refractivity contribution in [1.29, 1.82) is 0 Å². The number of carbonyl (C=O) groups excluding carboxylic acids is 1. The highest BCUT2D eigenvalue weighted by molar-refractivity contribution is 7.90. The van der Waals surface area contributed by atoms with Gasteiger partial charge >= 0.3 is 5.91 Å². The van der Waals surface area contributed by atoms with E-state index in [4.69, 9.17) is 0 Å². The summed E-state index contributed by atoms with van der Waals surface area (Å²) in [7, 11) is -3.70. The lowest BCUT2D eigenvalue weighted by Gasteiger charge is -2.21. The monoisotopic (exact) mass is 332 g/mol. The molecule has 8 heteroatoms. The second kappa shape index (κ2) is 5.23. The Morgan fingerprint density at radius 1 is 1.09 bits per heavy atom. The highest BCUT2D eigenvalue weighted by Gasteiger charge is 2.46. The highest BCUT2D eigenvalue weighted by Crippen LogP contribution is 2.47. The average Bonchev–Trinajstić information content (AvgIpc) is 3.17. The fraction of sp³-hybridized carbons (Fsp3) is 0.467. The van der Waals surface area contributed by atoms with Crippen molar-refractivity contribution < 1.29 is 13.2 Å². The number of carbonyl (C=O) groups is 1. The summed E-state index contributed by atoms with van der Waals surface area (Å²) in [6, 6.07) is 6.98. The van der Waals surface area contributed by atoms with Crippen molar-refractivity contribution >= 4 is 27.0 Å². The molecule has 1 aromatic carbocycles. The van der Waals surface area contributed by atoms with Crippen molar-refractivity contribution in [3.05, 3.63) is 30.1 Å². The molecule has 1 unspecified atom stereocenters. The van der Waals surface area contributed by atoms with Crippen molar-refractivity contribution in [3.8, 4) is 0 Å². The molecule has 0 saturated heterocycles. The van der Waals surface area contributed by atoms with Crippen LogP contribution in [0.15, 0.2) is 24.3 Å². The number of rotatable bonds is 3. The van der Waals surface area contributed by atoms with Gasteiger partial charge in [0.05, 0.1) is 10.8 Å². The molecule has 2 aliphatic carbocycles. The molecular weight excluding hydrogens is 316 g/mol. The zero-order valence-electron chi connectivity index (χ0n) is 12.3. The Balaban J connectivity index is 1.56. The van der Waals surface area contributed by atoms with Gasteiger partial charge in [-0.2, -0.15) is 0 Å². The first kappa shape index (κ1) is 14.5. The Labute approximate surface area is 133 Å². The molecule has 0 spiro atoms. The quantitative estimate of drug-likeness (QED) is 0.908. The minimum absolute atomic E-state index is 0.168. The molecule has 3 atom stereocenters. The summed E-state index contributed by atoms with van der Waals surface area (Å²) in [5.41, 5.74) is 1.06. The predicted octanol–water partition coefficient (Wildman–Crippen LogP) is 1.27. The van der Waals surface area contributed by atoms with E-state index in [1.807, 2.05) is 0 Å². The normalized spacial score (nSPS) is 26.5. The SMILES string of the molecule is O=C(NS(=O)(=O)C1C[C@@H]2CC[C@H]1C2)c1nnc2ccccc2n1. The van der Waals surface area contributed by atoms with Gasteiger partial charge in [0.2, 0.25) is 15.8 Å². The van der Waals surface area contributed by atoms with Gasteiger partial charge in [-0.25, -0.2) is 18.1 Å². The van der Waals surface area contributed by atoms with Gasteiger partial charge in [0, 0.05) is 0 Å². The molecule has 120 valence electrons. The third kappa shape index (κ3) is 2.56. The molecule has 1 amide bonds. The third-order valence-corrected chi connectivity index (χ3v) is 6.71. The fourth-order valence-corrected chi connectivity index (χ4v) is 5.57. The number of amides is 1. The first-order valence-corrected chi connectivity index (χ1v) is 9.23. The van der Waals surface area contributed by atoms with E-state index in [0.29, 0.717) is 23.4 Å². The molecular formula is C15H16N4O3S. The largest absolute Gasteiger partial charge is 0.304 e. The summed E-state index contributed by atoms with van der Waals surface area (Å²) in [6.07, 6.45) is 3.62. The van der Waals surface area contributed by atoms with Crippen LogP contribution in [0.4, 0.5) is 0 Å². The van der Waals surface area contributed by atoms with Crippen LogP contribution in [-0.4, -0.2) is 34.8 Å². The molecule has 2 bridgehead atoms. The summed E-state index contributed by atoms with van der Waals surface area (Å²) >= 11 is 0. The number of fused-ring (bicyclic) bond motifs is 3. The molecule has 2 saturated carbocycles. The molecule has 1 heterocycles. The van der Waals surface area contributed by atoms with Crippen molar-refractivity contribution in [2.45, 2.75) is 30.9 Å². The van der Waals surface area contributed by atoms with Gasteiger partial charge in [-0.05, 0) is 43.2 Å². The lowest BCUT2D eigenvalue weighted by molar-refractivity contribution is 0.0970. The number of hydrogen-bond acceptors (Lipinski definition) is 6. The summed E-state index contributed by atoms with van der Waals surface area (Å²) in [4.78, 5) is 16.3. The summed E-state index contributed by atoms with van der Waals surface area (Å²) in [6.45, 7) is 0. The zero-order chi connectivity index (χ0) is 16.0. The molecule has 2 fully saturated rings. The molecule has 4 rings (SSSR count). The molecule has 1 N–H and O–H groups in total. The molecule has 0 radical (unpaired) electrons. The van der Waals surface area contributed by atoms with Crippen LogP contribution in [0.2, 0.25) is 0 Å². The molecule has 7 nitrogen and oxygen atoms in total. The maximum atomic E-state index is 12.5. The van der Waals surface area contributed by atoms with Crippen molar-refractivity contribution in [2.75, 3.05) is 0 Å². The van der Waals surface area contributed by atoms with Crippen molar-refractivity contribution in [2.24, 2.45) is 11.8 Å². The smallest absolute Gasteiger partial charge is 0.264 e. The predicted molar refractivity (Wildman–Crippen MR) is 83.0 cm³/mol. The van der Waals surface area contributed by atoms with Gasteiger partial charge < -0.3 is 0 Å². The summed E-state index contributed by atoms with van der Waals surface area (Å²) in [5.74, 6) is -0.391. The van der Waals surface area contributed by atoms with Crippen LogP contribution in [0, 0.1) is 11.8 Å². The molecule has 1 aromatic heterocycles. The summed E-state index contributed by atoms with van der Waals surface area (Å²) < 4.78 is 27.1. The lowest BCUT2D eigenvalue weighted by Crippen LogP contribution is -2.41. The Hall–Kier alpha value is -2.09. The van der Waals surface area contributed by atoms with Crippen LogP contribution in [0.5, 0.6) is 0 Å². The van der Waals surface area contributed by atoms with Gasteiger partial charge in [0.25, 0.3) is 0 Å². The van der Waals surface area contributed by atoms with Crippen LogP contribution < -0.4 is 4.72 Å². The number of aromatic nitrogens is 3. The summed E-state index contributed by atoms with van der Waals surface area (Å²) in [5, 5.41) is 7.15. The van der Waals surface area contributed by atoms with Crippen LogP contribution >= 0.6 is 0 Å². The van der Waals surface area contributed by atoms with Crippen LogP contribution in [-0.2, 0) is 10.0 Å². The fourth-order valence-electron chi connectivity index (χ4n) is 3.79. The van der Waals surface area contributed by atoms with Gasteiger partial charge in [-0.3, -0.25) is 4.79 Å². The number of nitrogens with one attached hydrogen (secondary N) is 1. The highest BCUT2D eigenvalue weighted by atomic mass is 32.2. The van der Waals surface area contributed by atoms with Crippen molar-refractivity contribution in [3.63, 3.8) is 0 Å². The first-order valence-electron chi connectivity index (χ1n) is 7.68. The first-order chi connectivity index (χ1) is 11.0. The van der Waals surface area contributed by atoms with Gasteiger partial charge in [0.1, 0.15) is 5.52 Å². The number of benzene rings is 1. The van der Waals surface area contributed by atoms with E-state index >= 15 is 0 Å². The van der Waals surface area contributed by atoms with E-state index in [1.54, 1.807) is 24.3 Å². The topological polar surface area (TPSA) is 102 Å². The van der Waals surface area contributed by atoms with Crippen LogP contribution in [0.3, 0.4) is 0 Å². The van der Waals surface area contributed by atoms with E-state index in [9.17, 15) is 13.2 Å². The van der Waals surface area contributed by atoms with Crippen molar-refractivity contribution in [1.82, 2.24) is 19.9 Å². The Bertz CT molecular complexity index is 883. The second-order valence-corrected chi connectivity index (χ2v) is 8.21. The van der Waals surface area contributed by atoms with Gasteiger partial charge in [0.15, 0.2) is 0 Å². The van der Waals surface area contributed by atoms with Gasteiger partial charge in [-0.1, -0.05) is 18.6 Å². The Morgan fingerprint density at radius 3 is 2.57 bits per heavy atom. The van der Waals surface area contributed by atoms with E-state index in [-0.39, 0.29) is 11.7 Å².